The molecule has 0 spiro atoms. The maximum atomic E-state index is 12.1. The minimum absolute atomic E-state index is 0.151. The van der Waals surface area contributed by atoms with Gasteiger partial charge in [-0.15, -0.1) is 0 Å². The fourth-order valence-electron chi connectivity index (χ4n) is 3.32. The van der Waals surface area contributed by atoms with Crippen LogP contribution in [0.4, 0.5) is 0 Å². The number of hydrogen-bond acceptors (Lipinski definition) is 2. The van der Waals surface area contributed by atoms with Crippen LogP contribution < -0.4 is 10.6 Å². The minimum atomic E-state index is 0.151. The molecule has 1 heterocycles. The molecule has 2 unspecified atom stereocenters. The lowest BCUT2D eigenvalue weighted by Crippen LogP contribution is -2.27. The lowest BCUT2D eigenvalue weighted by Gasteiger charge is -2.15. The molecule has 1 amide bonds. The van der Waals surface area contributed by atoms with E-state index in [1.165, 1.54) is 17.5 Å². The fourth-order valence-corrected chi connectivity index (χ4v) is 3.60. The van der Waals surface area contributed by atoms with E-state index in [4.69, 9.17) is 11.6 Å². The summed E-state index contributed by atoms with van der Waals surface area (Å²) in [6.45, 7) is 2.16. The van der Waals surface area contributed by atoms with Crippen LogP contribution in [0.15, 0.2) is 18.2 Å². The summed E-state index contributed by atoms with van der Waals surface area (Å²) in [6, 6.07) is 6.13. The molecule has 0 saturated carbocycles. The quantitative estimate of drug-likeness (QED) is 0.896. The number of fused-ring (bicyclic) bond motifs is 1. The van der Waals surface area contributed by atoms with E-state index in [-0.39, 0.29) is 11.9 Å². The summed E-state index contributed by atoms with van der Waals surface area (Å²) >= 11 is 6.20. The number of amides is 1. The molecule has 3 rings (SSSR count). The molecule has 4 heteroatoms. The molecule has 2 N–H and O–H groups in total. The van der Waals surface area contributed by atoms with Crippen molar-refractivity contribution in [2.75, 3.05) is 13.1 Å². The number of rotatable bonds is 4. The smallest absolute Gasteiger partial charge is 0.220 e. The molecule has 2 atom stereocenters. The molecular weight excluding hydrogens is 272 g/mol. The van der Waals surface area contributed by atoms with Gasteiger partial charge in [0.2, 0.25) is 5.91 Å². The number of benzene rings is 1. The Bertz CT molecular complexity index is 497. The zero-order valence-corrected chi connectivity index (χ0v) is 12.4. The molecule has 1 fully saturated rings. The highest BCUT2D eigenvalue weighted by molar-refractivity contribution is 6.31. The first-order valence-electron chi connectivity index (χ1n) is 7.51. The molecule has 1 saturated heterocycles. The standard InChI is InChI=1S/C16H21ClN2O/c17-14-3-1-2-13-12(14)5-6-15(13)19-16(20)7-4-11-8-9-18-10-11/h1-3,11,15,18H,4-10H2,(H,19,20). The number of nitrogens with one attached hydrogen (secondary N) is 2. The van der Waals surface area contributed by atoms with Gasteiger partial charge in [-0.25, -0.2) is 0 Å². The first kappa shape index (κ1) is 13.9. The maximum Gasteiger partial charge on any atom is 0.220 e. The molecule has 0 radical (unpaired) electrons. The lowest BCUT2D eigenvalue weighted by atomic mass is 10.0. The Hall–Kier alpha value is -1.06. The highest BCUT2D eigenvalue weighted by atomic mass is 35.5. The first-order valence-corrected chi connectivity index (χ1v) is 7.89. The third kappa shape index (κ3) is 2.99. The molecule has 1 aliphatic carbocycles. The van der Waals surface area contributed by atoms with E-state index in [9.17, 15) is 4.79 Å². The zero-order chi connectivity index (χ0) is 13.9. The Balaban J connectivity index is 1.54. The van der Waals surface area contributed by atoms with Crippen molar-refractivity contribution in [2.24, 2.45) is 5.92 Å². The van der Waals surface area contributed by atoms with Gasteiger partial charge in [0.15, 0.2) is 0 Å². The Morgan fingerprint density at radius 2 is 2.30 bits per heavy atom. The van der Waals surface area contributed by atoms with Gasteiger partial charge >= 0.3 is 0 Å². The lowest BCUT2D eigenvalue weighted by molar-refractivity contribution is -0.122. The summed E-state index contributed by atoms with van der Waals surface area (Å²) in [6.07, 6.45) is 4.77. The van der Waals surface area contributed by atoms with Crippen LogP contribution in [0, 0.1) is 5.92 Å². The summed E-state index contributed by atoms with van der Waals surface area (Å²) in [5, 5.41) is 7.34. The van der Waals surface area contributed by atoms with Crippen LogP contribution in [0.5, 0.6) is 0 Å². The second-order valence-corrected chi connectivity index (χ2v) is 6.27. The molecule has 2 aliphatic rings. The van der Waals surface area contributed by atoms with E-state index in [0.717, 1.165) is 37.4 Å². The number of carbonyl (C=O) groups excluding carboxylic acids is 1. The molecule has 1 aliphatic heterocycles. The van der Waals surface area contributed by atoms with E-state index in [0.29, 0.717) is 12.3 Å². The van der Waals surface area contributed by atoms with Crippen LogP contribution in [-0.4, -0.2) is 19.0 Å². The van der Waals surface area contributed by atoms with E-state index in [2.05, 4.69) is 16.7 Å². The second kappa shape index (κ2) is 6.15. The van der Waals surface area contributed by atoms with Crippen molar-refractivity contribution in [1.82, 2.24) is 10.6 Å². The highest BCUT2D eigenvalue weighted by Gasteiger charge is 2.25. The van der Waals surface area contributed by atoms with Crippen molar-refractivity contribution in [1.29, 1.82) is 0 Å². The van der Waals surface area contributed by atoms with Gasteiger partial charge in [0.1, 0.15) is 0 Å². The fraction of sp³-hybridized carbons (Fsp3) is 0.562. The van der Waals surface area contributed by atoms with Crippen molar-refractivity contribution < 1.29 is 4.79 Å². The number of hydrogen-bond donors (Lipinski definition) is 2. The van der Waals surface area contributed by atoms with E-state index in [1.54, 1.807) is 0 Å². The van der Waals surface area contributed by atoms with Gasteiger partial charge in [0.25, 0.3) is 0 Å². The largest absolute Gasteiger partial charge is 0.349 e. The summed E-state index contributed by atoms with van der Waals surface area (Å²) in [5.74, 6) is 0.848. The van der Waals surface area contributed by atoms with Crippen LogP contribution in [0.3, 0.4) is 0 Å². The van der Waals surface area contributed by atoms with Crippen molar-refractivity contribution in [3.05, 3.63) is 34.3 Å². The minimum Gasteiger partial charge on any atom is -0.349 e. The Morgan fingerprint density at radius 3 is 3.10 bits per heavy atom. The van der Waals surface area contributed by atoms with Gasteiger partial charge in [-0.3, -0.25) is 4.79 Å². The molecule has 1 aromatic carbocycles. The molecule has 0 bridgehead atoms. The average Bonchev–Trinajstić information content (AvgIpc) is 3.07. The Kier molecular flexibility index (Phi) is 4.27. The van der Waals surface area contributed by atoms with Gasteiger partial charge in [0, 0.05) is 11.4 Å². The molecular formula is C16H21ClN2O. The summed E-state index contributed by atoms with van der Waals surface area (Å²) in [4.78, 5) is 12.1. The van der Waals surface area contributed by atoms with Gasteiger partial charge in [0.05, 0.1) is 6.04 Å². The van der Waals surface area contributed by atoms with Gasteiger partial charge in [-0.05, 0) is 61.9 Å². The first-order chi connectivity index (χ1) is 9.74. The van der Waals surface area contributed by atoms with Crippen LogP contribution in [0.2, 0.25) is 5.02 Å². The number of halogens is 1. The third-order valence-corrected chi connectivity index (χ3v) is 4.84. The summed E-state index contributed by atoms with van der Waals surface area (Å²) in [7, 11) is 0. The van der Waals surface area contributed by atoms with Crippen LogP contribution in [0.1, 0.15) is 42.9 Å². The maximum absolute atomic E-state index is 12.1. The SMILES string of the molecule is O=C(CCC1CCNC1)NC1CCc2c(Cl)cccc21. The van der Waals surface area contributed by atoms with Crippen molar-refractivity contribution in [3.63, 3.8) is 0 Å². The molecule has 20 heavy (non-hydrogen) atoms. The number of carbonyl (C=O) groups is 1. The predicted molar refractivity (Wildman–Crippen MR) is 80.9 cm³/mol. The van der Waals surface area contributed by atoms with Crippen LogP contribution in [-0.2, 0) is 11.2 Å². The monoisotopic (exact) mass is 292 g/mol. The van der Waals surface area contributed by atoms with E-state index >= 15 is 0 Å². The Labute approximate surface area is 125 Å². The topological polar surface area (TPSA) is 41.1 Å². The van der Waals surface area contributed by atoms with Gasteiger partial charge in [-0.2, -0.15) is 0 Å². The second-order valence-electron chi connectivity index (χ2n) is 5.86. The molecule has 1 aromatic rings. The van der Waals surface area contributed by atoms with Gasteiger partial charge < -0.3 is 10.6 Å². The Morgan fingerprint density at radius 1 is 1.40 bits per heavy atom. The highest BCUT2D eigenvalue weighted by Crippen LogP contribution is 2.35. The zero-order valence-electron chi connectivity index (χ0n) is 11.6. The van der Waals surface area contributed by atoms with Crippen LogP contribution >= 0.6 is 11.6 Å². The van der Waals surface area contributed by atoms with E-state index in [1.807, 2.05) is 12.1 Å². The average molecular weight is 293 g/mol. The summed E-state index contributed by atoms with van der Waals surface area (Å²) in [5.41, 5.74) is 2.41. The van der Waals surface area contributed by atoms with Crippen molar-refractivity contribution in [3.8, 4) is 0 Å². The molecule has 108 valence electrons. The molecule has 3 nitrogen and oxygen atoms in total. The van der Waals surface area contributed by atoms with Crippen molar-refractivity contribution >= 4 is 17.5 Å². The third-order valence-electron chi connectivity index (χ3n) is 4.49. The van der Waals surface area contributed by atoms with Gasteiger partial charge in [-0.1, -0.05) is 23.7 Å². The van der Waals surface area contributed by atoms with Crippen LogP contribution in [0.25, 0.3) is 0 Å². The van der Waals surface area contributed by atoms with E-state index < -0.39 is 0 Å². The van der Waals surface area contributed by atoms with Crippen molar-refractivity contribution in [2.45, 2.75) is 38.1 Å². The molecule has 0 aromatic heterocycles. The predicted octanol–water partition coefficient (Wildman–Crippen LogP) is 2.83. The summed E-state index contributed by atoms with van der Waals surface area (Å²) < 4.78 is 0. The normalized spacial score (nSPS) is 24.6.